The Labute approximate surface area is 120 Å². The Kier molecular flexibility index (Phi) is 6.44. The Bertz CT molecular complexity index is 442. The number of nitrogens with one attached hydrogen (secondary N) is 1. The molecule has 0 bridgehead atoms. The molecule has 7 heteroatoms. The molecule has 7 nitrogen and oxygen atoms in total. The van der Waals surface area contributed by atoms with Crippen molar-refractivity contribution in [3.05, 3.63) is 15.8 Å². The third-order valence-corrected chi connectivity index (χ3v) is 3.04. The fraction of sp³-hybridized carbons (Fsp3) is 0.769. The number of nitro groups is 1. The Balaban J connectivity index is 2.68. The molecule has 0 atom stereocenters. The second-order valence-electron chi connectivity index (χ2n) is 5.20. The van der Waals surface area contributed by atoms with Gasteiger partial charge in [-0.2, -0.15) is 5.10 Å². The van der Waals surface area contributed by atoms with E-state index in [0.29, 0.717) is 18.1 Å². The minimum Gasteiger partial charge on any atom is -0.365 e. The van der Waals surface area contributed by atoms with Gasteiger partial charge >= 0.3 is 5.69 Å². The molecule has 114 valence electrons. The van der Waals surface area contributed by atoms with Crippen LogP contribution in [0.25, 0.3) is 0 Å². The predicted octanol–water partition coefficient (Wildman–Crippen LogP) is 2.26. The number of anilines is 1. The largest absolute Gasteiger partial charge is 0.365 e. The van der Waals surface area contributed by atoms with Gasteiger partial charge in [0, 0.05) is 13.1 Å². The lowest BCUT2D eigenvalue weighted by molar-refractivity contribution is -0.384. The van der Waals surface area contributed by atoms with Crippen LogP contribution in [-0.4, -0.2) is 46.8 Å². The van der Waals surface area contributed by atoms with Gasteiger partial charge in [-0.15, -0.1) is 0 Å². The number of nitrogens with zero attached hydrogens (tertiary/aromatic N) is 4. The minimum atomic E-state index is -0.351. The van der Waals surface area contributed by atoms with Gasteiger partial charge in [-0.1, -0.05) is 6.92 Å². The maximum Gasteiger partial charge on any atom is 0.333 e. The first-order valence-electron chi connectivity index (χ1n) is 7.07. The molecule has 0 aromatic carbocycles. The molecule has 0 aliphatic heterocycles. The summed E-state index contributed by atoms with van der Waals surface area (Å²) >= 11 is 0. The molecule has 0 saturated heterocycles. The van der Waals surface area contributed by atoms with Gasteiger partial charge < -0.3 is 10.2 Å². The monoisotopic (exact) mass is 283 g/mol. The van der Waals surface area contributed by atoms with Crippen LogP contribution in [0.5, 0.6) is 0 Å². The summed E-state index contributed by atoms with van der Waals surface area (Å²) in [6.45, 7) is 6.15. The Morgan fingerprint density at radius 2 is 2.10 bits per heavy atom. The summed E-state index contributed by atoms with van der Waals surface area (Å²) < 4.78 is 1.71. The molecule has 0 unspecified atom stereocenters. The van der Waals surface area contributed by atoms with E-state index in [1.807, 2.05) is 21.0 Å². The first kappa shape index (κ1) is 16.4. The summed E-state index contributed by atoms with van der Waals surface area (Å²) in [5, 5.41) is 18.6. The van der Waals surface area contributed by atoms with Crippen molar-refractivity contribution in [3.63, 3.8) is 0 Å². The molecule has 0 aliphatic carbocycles. The number of unbranched alkanes of at least 4 members (excludes halogenated alkanes) is 1. The van der Waals surface area contributed by atoms with Crippen molar-refractivity contribution in [2.45, 2.75) is 39.7 Å². The first-order chi connectivity index (χ1) is 9.47. The van der Waals surface area contributed by atoms with Crippen LogP contribution in [0.2, 0.25) is 0 Å². The second-order valence-corrected chi connectivity index (χ2v) is 5.20. The molecule has 0 saturated carbocycles. The van der Waals surface area contributed by atoms with Gasteiger partial charge in [-0.25, -0.2) is 4.68 Å². The van der Waals surface area contributed by atoms with E-state index < -0.39 is 0 Å². The van der Waals surface area contributed by atoms with E-state index in [0.717, 1.165) is 32.4 Å². The normalized spacial score (nSPS) is 11.1. The number of hydrogen-bond acceptors (Lipinski definition) is 5. The summed E-state index contributed by atoms with van der Waals surface area (Å²) in [7, 11) is 4.08. The highest BCUT2D eigenvalue weighted by atomic mass is 16.6. The average molecular weight is 283 g/mol. The molecule has 0 amide bonds. The van der Waals surface area contributed by atoms with Gasteiger partial charge in [0.25, 0.3) is 0 Å². The molecule has 1 heterocycles. The van der Waals surface area contributed by atoms with Gasteiger partial charge in [0.15, 0.2) is 0 Å². The Morgan fingerprint density at radius 1 is 1.40 bits per heavy atom. The van der Waals surface area contributed by atoms with E-state index in [4.69, 9.17) is 0 Å². The molecule has 0 aliphatic rings. The van der Waals surface area contributed by atoms with Crippen molar-refractivity contribution in [3.8, 4) is 0 Å². The van der Waals surface area contributed by atoms with Crippen LogP contribution < -0.4 is 5.32 Å². The highest BCUT2D eigenvalue weighted by Crippen LogP contribution is 2.28. The van der Waals surface area contributed by atoms with Crippen molar-refractivity contribution in [1.82, 2.24) is 14.7 Å². The molecule has 0 fully saturated rings. The summed E-state index contributed by atoms with van der Waals surface area (Å²) in [4.78, 5) is 12.9. The van der Waals surface area contributed by atoms with Crippen LogP contribution >= 0.6 is 0 Å². The lowest BCUT2D eigenvalue weighted by Crippen LogP contribution is -2.15. The number of hydrogen-bond donors (Lipinski definition) is 1. The smallest absolute Gasteiger partial charge is 0.333 e. The Hall–Kier alpha value is -1.63. The van der Waals surface area contributed by atoms with Crippen LogP contribution in [0.3, 0.4) is 0 Å². The van der Waals surface area contributed by atoms with E-state index >= 15 is 0 Å². The molecule has 0 spiro atoms. The minimum absolute atomic E-state index is 0.103. The van der Waals surface area contributed by atoms with Crippen molar-refractivity contribution in [1.29, 1.82) is 0 Å². The summed E-state index contributed by atoms with van der Waals surface area (Å²) in [5.74, 6) is 0.541. The number of aromatic nitrogens is 2. The molecular formula is C13H25N5O2. The zero-order chi connectivity index (χ0) is 15.1. The van der Waals surface area contributed by atoms with E-state index in [-0.39, 0.29) is 10.6 Å². The maximum absolute atomic E-state index is 11.1. The van der Waals surface area contributed by atoms with E-state index in [1.54, 1.807) is 11.6 Å². The zero-order valence-corrected chi connectivity index (χ0v) is 12.8. The van der Waals surface area contributed by atoms with Gasteiger partial charge in [0.2, 0.25) is 5.82 Å². The zero-order valence-electron chi connectivity index (χ0n) is 12.8. The van der Waals surface area contributed by atoms with Crippen LogP contribution in [0.1, 0.15) is 31.9 Å². The fourth-order valence-electron chi connectivity index (χ4n) is 2.10. The summed E-state index contributed by atoms with van der Waals surface area (Å²) in [6, 6.07) is 0. The average Bonchev–Trinajstić information content (AvgIpc) is 2.65. The third kappa shape index (κ3) is 4.48. The predicted molar refractivity (Wildman–Crippen MR) is 80.2 cm³/mol. The van der Waals surface area contributed by atoms with Crippen LogP contribution in [0.15, 0.2) is 0 Å². The number of rotatable bonds is 9. The van der Waals surface area contributed by atoms with Gasteiger partial charge in [-0.05, 0) is 46.8 Å². The molecule has 1 aromatic rings. The van der Waals surface area contributed by atoms with Crippen molar-refractivity contribution in [2.24, 2.45) is 0 Å². The van der Waals surface area contributed by atoms with Crippen LogP contribution in [0.4, 0.5) is 11.5 Å². The molecule has 1 aromatic heterocycles. The van der Waals surface area contributed by atoms with Gasteiger partial charge in [0.1, 0.15) is 5.69 Å². The maximum atomic E-state index is 11.1. The quantitative estimate of drug-likeness (QED) is 0.427. The highest BCUT2D eigenvalue weighted by Gasteiger charge is 2.24. The van der Waals surface area contributed by atoms with Crippen LogP contribution in [-0.2, 0) is 6.54 Å². The van der Waals surface area contributed by atoms with Gasteiger partial charge in [0.05, 0.1) is 4.92 Å². The topological polar surface area (TPSA) is 76.2 Å². The SMILES string of the molecule is CCCn1nc(C)c([N+](=O)[O-])c1NCCCCN(C)C. The van der Waals surface area contributed by atoms with E-state index in [2.05, 4.69) is 15.3 Å². The second kappa shape index (κ2) is 7.84. The first-order valence-corrected chi connectivity index (χ1v) is 7.07. The molecular weight excluding hydrogens is 258 g/mol. The molecule has 1 N–H and O–H groups in total. The van der Waals surface area contributed by atoms with E-state index in [1.165, 1.54) is 0 Å². The lowest BCUT2D eigenvalue weighted by Gasteiger charge is -2.10. The summed E-state index contributed by atoms with van der Waals surface area (Å²) in [6.07, 6.45) is 2.94. The van der Waals surface area contributed by atoms with Crippen LogP contribution in [0, 0.1) is 17.0 Å². The molecule has 20 heavy (non-hydrogen) atoms. The van der Waals surface area contributed by atoms with Crippen molar-refractivity contribution >= 4 is 11.5 Å². The highest BCUT2D eigenvalue weighted by molar-refractivity contribution is 5.59. The molecule has 1 rings (SSSR count). The Morgan fingerprint density at radius 3 is 2.65 bits per heavy atom. The third-order valence-electron chi connectivity index (χ3n) is 3.04. The summed E-state index contributed by atoms with van der Waals surface area (Å²) in [5.41, 5.74) is 0.574. The number of aryl methyl sites for hydroxylation is 2. The van der Waals surface area contributed by atoms with Gasteiger partial charge in [-0.3, -0.25) is 10.1 Å². The lowest BCUT2D eigenvalue weighted by atomic mass is 10.3. The van der Waals surface area contributed by atoms with Crippen molar-refractivity contribution < 1.29 is 4.92 Å². The standard InChI is InChI=1S/C13H25N5O2/c1-5-9-17-13(12(18(19)20)11(2)15-17)14-8-6-7-10-16(3)4/h14H,5-10H2,1-4H3. The molecule has 0 radical (unpaired) electrons. The fourth-order valence-corrected chi connectivity index (χ4v) is 2.10. The van der Waals surface area contributed by atoms with Crippen molar-refractivity contribution in [2.75, 3.05) is 32.5 Å². The van der Waals surface area contributed by atoms with E-state index in [9.17, 15) is 10.1 Å².